The second-order valence-electron chi connectivity index (χ2n) is 8.28. The van der Waals surface area contributed by atoms with E-state index >= 15 is 0 Å². The maximum absolute atomic E-state index is 13.7. The number of anilines is 1. The van der Waals surface area contributed by atoms with Crippen molar-refractivity contribution >= 4 is 27.7 Å². The van der Waals surface area contributed by atoms with Gasteiger partial charge in [0.1, 0.15) is 0 Å². The molecule has 0 bridgehead atoms. The van der Waals surface area contributed by atoms with E-state index in [9.17, 15) is 26.7 Å². The van der Waals surface area contributed by atoms with Gasteiger partial charge in [0, 0.05) is 24.7 Å². The fraction of sp³-hybridized carbons (Fsp3) is 0.167. The van der Waals surface area contributed by atoms with Gasteiger partial charge in [-0.2, -0.15) is 22.0 Å². The van der Waals surface area contributed by atoms with Crippen molar-refractivity contribution in [2.75, 3.05) is 17.4 Å². The lowest BCUT2D eigenvalue weighted by Gasteiger charge is -2.22. The molecule has 0 spiro atoms. The number of aromatic amines is 1. The van der Waals surface area contributed by atoms with Gasteiger partial charge in [-0.05, 0) is 57.3 Å². The summed E-state index contributed by atoms with van der Waals surface area (Å²) in [5.74, 6) is -0.670. The van der Waals surface area contributed by atoms with Crippen molar-refractivity contribution in [3.05, 3.63) is 87.4 Å². The molecule has 13 heteroatoms. The fourth-order valence-electron chi connectivity index (χ4n) is 4.11. The van der Waals surface area contributed by atoms with Crippen LogP contribution in [0.25, 0.3) is 22.5 Å². The molecule has 1 aromatic heterocycles. The Bertz CT molecular complexity index is 1570. The molecule has 1 atom stereocenters. The van der Waals surface area contributed by atoms with Gasteiger partial charge in [-0.15, -0.1) is 0 Å². The van der Waals surface area contributed by atoms with Gasteiger partial charge in [0.2, 0.25) is 4.90 Å². The lowest BCUT2D eigenvalue weighted by Crippen LogP contribution is -2.39. The quantitative estimate of drug-likeness (QED) is 0.300. The van der Waals surface area contributed by atoms with E-state index in [-0.39, 0.29) is 22.3 Å². The first-order chi connectivity index (χ1) is 17.5. The molecule has 8 nitrogen and oxygen atoms in total. The van der Waals surface area contributed by atoms with Crippen LogP contribution in [0.15, 0.2) is 74.9 Å². The third-order valence-corrected chi connectivity index (χ3v) is 8.10. The predicted molar refractivity (Wildman–Crippen MR) is 132 cm³/mol. The van der Waals surface area contributed by atoms with Gasteiger partial charge < -0.3 is 5.32 Å². The number of hydrogen-bond donors (Lipinski definition) is 3. The molecule has 0 saturated carbocycles. The zero-order valence-electron chi connectivity index (χ0n) is 18.9. The van der Waals surface area contributed by atoms with Crippen LogP contribution in [-0.2, 0) is 27.3 Å². The Balaban J connectivity index is 1.49. The third-order valence-electron chi connectivity index (χ3n) is 5.94. The number of hydrogen-bond acceptors (Lipinski definition) is 5. The lowest BCUT2D eigenvalue weighted by atomic mass is 10.0. The number of fused-ring (bicyclic) bond motifs is 1. The van der Waals surface area contributed by atoms with Crippen molar-refractivity contribution in [1.29, 1.82) is 0 Å². The number of H-pyrrole nitrogens is 1. The molecule has 1 aliphatic heterocycles. The van der Waals surface area contributed by atoms with E-state index in [0.717, 1.165) is 12.1 Å². The number of nitrogens with one attached hydrogen (secondary N) is 2. The summed E-state index contributed by atoms with van der Waals surface area (Å²) in [6.07, 6.45) is -4.43. The molecular formula is C24H19ClF3N4O4S+. The molecule has 5 rings (SSSR count). The van der Waals surface area contributed by atoms with Crippen LogP contribution in [-0.4, -0.2) is 27.8 Å². The minimum Gasteiger partial charge on any atom is -0.311 e. The van der Waals surface area contributed by atoms with Crippen LogP contribution >= 0.6 is 11.6 Å². The maximum Gasteiger partial charge on any atom is 0.439 e. The van der Waals surface area contributed by atoms with Crippen LogP contribution in [0.2, 0.25) is 5.02 Å². The Hall–Kier alpha value is -3.45. The van der Waals surface area contributed by atoms with E-state index in [4.69, 9.17) is 11.6 Å². The maximum atomic E-state index is 13.7. The van der Waals surface area contributed by atoms with Gasteiger partial charge in [0.15, 0.2) is 5.82 Å². The van der Waals surface area contributed by atoms with Crippen LogP contribution in [0.4, 0.5) is 18.9 Å². The van der Waals surface area contributed by atoms with Crippen LogP contribution < -0.4 is 15.4 Å². The highest BCUT2D eigenvalue weighted by Gasteiger charge is 2.41. The fourth-order valence-corrected chi connectivity index (χ4v) is 6.00. The molecule has 0 fully saturated rings. The minimum atomic E-state index is -4.43. The van der Waals surface area contributed by atoms with Gasteiger partial charge >= 0.3 is 22.3 Å². The first-order valence-electron chi connectivity index (χ1n) is 11.0. The molecule has 3 N–H and O–H groups in total. The molecule has 1 aliphatic rings. The molecule has 37 heavy (non-hydrogen) atoms. The third kappa shape index (κ3) is 4.92. The van der Waals surface area contributed by atoms with Gasteiger partial charge in [-0.25, -0.2) is 4.79 Å². The van der Waals surface area contributed by atoms with E-state index in [1.54, 1.807) is 18.2 Å². The van der Waals surface area contributed by atoms with E-state index in [2.05, 4.69) is 20.0 Å². The Labute approximate surface area is 214 Å². The Morgan fingerprint density at radius 2 is 1.78 bits per heavy atom. The molecule has 192 valence electrons. The van der Waals surface area contributed by atoms with Crippen molar-refractivity contribution < 1.29 is 26.5 Å². The zero-order valence-corrected chi connectivity index (χ0v) is 20.5. The van der Waals surface area contributed by atoms with Crippen molar-refractivity contribution in [2.24, 2.45) is 0 Å². The first-order valence-corrected chi connectivity index (χ1v) is 12.8. The molecule has 0 saturated heterocycles. The van der Waals surface area contributed by atoms with Gasteiger partial charge in [0.25, 0.3) is 0 Å². The summed E-state index contributed by atoms with van der Waals surface area (Å²) in [4.78, 5) is 13.7. The topological polar surface area (TPSA) is 111 Å². The van der Waals surface area contributed by atoms with Gasteiger partial charge in [0.05, 0.1) is 22.8 Å². The SMILES string of the molecule is O=c1[nH]c(-c2ccc([S+](=O)(O)N3CCNCc4cc(-c5ccc(C(F)(F)F)cc5)ccc43)cc2Cl)no1. The first kappa shape index (κ1) is 25.2. The summed E-state index contributed by atoms with van der Waals surface area (Å²) >= 11 is 6.34. The van der Waals surface area contributed by atoms with Gasteiger partial charge in [-0.3, -0.25) is 9.51 Å². The number of alkyl halides is 3. The van der Waals surface area contributed by atoms with Crippen LogP contribution in [0.1, 0.15) is 11.1 Å². The monoisotopic (exact) mass is 551 g/mol. The smallest absolute Gasteiger partial charge is 0.311 e. The molecule has 0 amide bonds. The average molecular weight is 552 g/mol. The van der Waals surface area contributed by atoms with E-state index < -0.39 is 27.9 Å². The Morgan fingerprint density at radius 1 is 1.05 bits per heavy atom. The summed E-state index contributed by atoms with van der Waals surface area (Å²) < 4.78 is 69.6. The highest BCUT2D eigenvalue weighted by atomic mass is 35.5. The standard InChI is InChI=1S/C24H18ClF3N4O4S/c25-20-12-18(6-7-19(20)22-30-23(33)36-31-22)37(34,35)32-10-9-29-13-16-11-15(3-8-21(16)32)14-1-4-17(5-2-14)24(26,27)28/h1-8,11-12,29H,9-10,13H2,(H-,30,31,33,34,35)/p+1. The number of benzene rings is 3. The average Bonchev–Trinajstić information content (AvgIpc) is 3.17. The molecule has 3 aromatic carbocycles. The number of aromatic nitrogens is 2. The normalized spacial score (nSPS) is 15.6. The summed E-state index contributed by atoms with van der Waals surface area (Å²) in [5, 5.41) is 6.88. The Kier molecular flexibility index (Phi) is 6.44. The summed E-state index contributed by atoms with van der Waals surface area (Å²) in [5.41, 5.74) is 2.07. The second-order valence-corrected chi connectivity index (χ2v) is 10.6. The number of rotatable bonds is 4. The molecule has 2 heterocycles. The minimum absolute atomic E-state index is 0.0479. The molecule has 0 aliphatic carbocycles. The van der Waals surface area contributed by atoms with Crippen molar-refractivity contribution in [2.45, 2.75) is 17.6 Å². The lowest BCUT2D eigenvalue weighted by molar-refractivity contribution is -0.137. The summed E-state index contributed by atoms with van der Waals surface area (Å²) in [6.45, 7) is 1.01. The zero-order chi connectivity index (χ0) is 26.4. The van der Waals surface area contributed by atoms with Crippen LogP contribution in [0, 0.1) is 0 Å². The van der Waals surface area contributed by atoms with E-state index in [1.165, 1.54) is 34.6 Å². The largest absolute Gasteiger partial charge is 0.439 e. The highest BCUT2D eigenvalue weighted by molar-refractivity contribution is 7.99. The predicted octanol–water partition coefficient (Wildman–Crippen LogP) is 5.23. The summed E-state index contributed by atoms with van der Waals surface area (Å²) in [6, 6.07) is 14.2. The van der Waals surface area contributed by atoms with Crippen molar-refractivity contribution in [1.82, 2.24) is 15.5 Å². The van der Waals surface area contributed by atoms with E-state index in [0.29, 0.717) is 41.0 Å². The van der Waals surface area contributed by atoms with Crippen molar-refractivity contribution in [3.63, 3.8) is 0 Å². The van der Waals surface area contributed by atoms with Crippen LogP contribution in [0.3, 0.4) is 0 Å². The van der Waals surface area contributed by atoms with Crippen LogP contribution in [0.5, 0.6) is 0 Å². The number of nitrogens with zero attached hydrogens (tertiary/aromatic N) is 2. The van der Waals surface area contributed by atoms with Gasteiger partial charge in [-0.1, -0.05) is 35.0 Å². The molecular weight excluding hydrogens is 533 g/mol. The molecule has 0 radical (unpaired) electrons. The summed E-state index contributed by atoms with van der Waals surface area (Å²) in [7, 11) is -3.80. The molecule has 4 aromatic rings. The Morgan fingerprint density at radius 3 is 2.43 bits per heavy atom. The van der Waals surface area contributed by atoms with E-state index in [1.807, 2.05) is 0 Å². The highest BCUT2D eigenvalue weighted by Crippen LogP contribution is 2.37. The second kappa shape index (κ2) is 9.45. The van der Waals surface area contributed by atoms with Crippen molar-refractivity contribution in [3.8, 4) is 22.5 Å². The molecule has 1 unspecified atom stereocenters. The number of halogens is 4.